The molecular weight excluding hydrogens is 237 g/mol. The molecule has 0 aromatic heterocycles. The summed E-state index contributed by atoms with van der Waals surface area (Å²) in [7, 11) is -0.341. The summed E-state index contributed by atoms with van der Waals surface area (Å²) in [6, 6.07) is 6.13. The molecule has 0 radical (unpaired) electrons. The molecule has 19 heavy (non-hydrogen) atoms. The highest BCUT2D eigenvalue weighted by atomic mass is 16.7. The van der Waals surface area contributed by atoms with E-state index >= 15 is 0 Å². The fourth-order valence-electron chi connectivity index (χ4n) is 2.38. The van der Waals surface area contributed by atoms with Gasteiger partial charge in [-0.3, -0.25) is 0 Å². The van der Waals surface area contributed by atoms with Gasteiger partial charge < -0.3 is 15.0 Å². The van der Waals surface area contributed by atoms with Crippen LogP contribution in [-0.2, 0) is 9.31 Å². The van der Waals surface area contributed by atoms with Gasteiger partial charge in [0.25, 0.3) is 0 Å². The third-order valence-electron chi connectivity index (χ3n) is 4.34. The van der Waals surface area contributed by atoms with E-state index in [2.05, 4.69) is 46.8 Å². The zero-order valence-corrected chi connectivity index (χ0v) is 12.8. The highest BCUT2D eigenvalue weighted by molar-refractivity contribution is 6.63. The molecule has 2 rings (SSSR count). The molecule has 1 unspecified atom stereocenters. The van der Waals surface area contributed by atoms with E-state index in [4.69, 9.17) is 15.0 Å². The first kappa shape index (κ1) is 14.6. The number of rotatable bonds is 2. The predicted molar refractivity (Wildman–Crippen MR) is 79.5 cm³/mol. The molecule has 3 nitrogen and oxygen atoms in total. The third kappa shape index (κ3) is 2.45. The summed E-state index contributed by atoms with van der Waals surface area (Å²) in [4.78, 5) is 0. The second-order valence-corrected chi connectivity index (χ2v) is 6.45. The van der Waals surface area contributed by atoms with Crippen molar-refractivity contribution in [1.29, 1.82) is 0 Å². The van der Waals surface area contributed by atoms with E-state index < -0.39 is 0 Å². The maximum Gasteiger partial charge on any atom is 0.495 e. The van der Waals surface area contributed by atoms with Crippen LogP contribution in [0.4, 0.5) is 0 Å². The first-order chi connectivity index (χ1) is 8.66. The summed E-state index contributed by atoms with van der Waals surface area (Å²) in [6.07, 6.45) is 0. The lowest BCUT2D eigenvalue weighted by molar-refractivity contribution is 0.00578. The van der Waals surface area contributed by atoms with E-state index in [0.29, 0.717) is 0 Å². The molecule has 1 fully saturated rings. The van der Waals surface area contributed by atoms with Crippen LogP contribution in [0.1, 0.15) is 51.8 Å². The number of nitrogens with two attached hydrogens (primary N) is 1. The Labute approximate surface area is 116 Å². The van der Waals surface area contributed by atoms with Crippen molar-refractivity contribution in [2.45, 2.75) is 58.8 Å². The molecule has 0 bridgehead atoms. The van der Waals surface area contributed by atoms with Crippen molar-refractivity contribution in [3.8, 4) is 0 Å². The minimum absolute atomic E-state index is 0.0334. The summed E-state index contributed by atoms with van der Waals surface area (Å²) >= 11 is 0. The molecule has 1 aromatic rings. The van der Waals surface area contributed by atoms with Crippen molar-refractivity contribution in [3.63, 3.8) is 0 Å². The molecule has 1 aromatic carbocycles. The van der Waals surface area contributed by atoms with Gasteiger partial charge in [0.05, 0.1) is 11.2 Å². The fraction of sp³-hybridized carbons (Fsp3) is 0.600. The second-order valence-electron chi connectivity index (χ2n) is 6.45. The maximum absolute atomic E-state index is 6.14. The van der Waals surface area contributed by atoms with Crippen LogP contribution in [0.2, 0.25) is 0 Å². The SMILES string of the molecule is Cc1cccc(C(C)N)c1B1OC(C)(C)C(C)(C)O1. The van der Waals surface area contributed by atoms with Gasteiger partial charge >= 0.3 is 7.12 Å². The molecule has 0 amide bonds. The standard InChI is InChI=1S/C15H24BNO2/c1-10-8-7-9-12(11(2)17)13(10)16-18-14(3,4)15(5,6)19-16/h7-9,11H,17H2,1-6H3. The van der Waals surface area contributed by atoms with Crippen molar-refractivity contribution in [2.24, 2.45) is 5.73 Å². The lowest BCUT2D eigenvalue weighted by Crippen LogP contribution is -2.41. The lowest BCUT2D eigenvalue weighted by Gasteiger charge is -2.32. The van der Waals surface area contributed by atoms with E-state index in [1.54, 1.807) is 0 Å². The van der Waals surface area contributed by atoms with Crippen molar-refractivity contribution in [1.82, 2.24) is 0 Å². The zero-order valence-electron chi connectivity index (χ0n) is 12.8. The molecule has 1 heterocycles. The van der Waals surface area contributed by atoms with Gasteiger partial charge in [-0.2, -0.15) is 0 Å². The largest absolute Gasteiger partial charge is 0.495 e. The minimum Gasteiger partial charge on any atom is -0.399 e. The van der Waals surface area contributed by atoms with Crippen LogP contribution in [-0.4, -0.2) is 18.3 Å². The van der Waals surface area contributed by atoms with Gasteiger partial charge in [0.15, 0.2) is 0 Å². The summed E-state index contributed by atoms with van der Waals surface area (Å²) in [5, 5.41) is 0. The van der Waals surface area contributed by atoms with E-state index in [0.717, 1.165) is 16.6 Å². The van der Waals surface area contributed by atoms with E-state index in [9.17, 15) is 0 Å². The first-order valence-electron chi connectivity index (χ1n) is 6.86. The van der Waals surface area contributed by atoms with Crippen molar-refractivity contribution in [2.75, 3.05) is 0 Å². The second kappa shape index (κ2) is 4.62. The van der Waals surface area contributed by atoms with Gasteiger partial charge in [0, 0.05) is 6.04 Å². The topological polar surface area (TPSA) is 44.5 Å². The van der Waals surface area contributed by atoms with Crippen LogP contribution in [0.25, 0.3) is 0 Å². The normalized spacial score (nSPS) is 22.6. The van der Waals surface area contributed by atoms with Crippen molar-refractivity contribution in [3.05, 3.63) is 29.3 Å². The summed E-state index contributed by atoms with van der Waals surface area (Å²) in [5.74, 6) is 0. The highest BCUT2D eigenvalue weighted by Crippen LogP contribution is 2.37. The molecule has 0 saturated carbocycles. The zero-order chi connectivity index (χ0) is 14.4. The molecule has 0 aliphatic carbocycles. The Morgan fingerprint density at radius 2 is 1.63 bits per heavy atom. The number of benzene rings is 1. The van der Waals surface area contributed by atoms with E-state index in [1.807, 2.05) is 13.0 Å². The van der Waals surface area contributed by atoms with Gasteiger partial charge in [-0.25, -0.2) is 0 Å². The van der Waals surface area contributed by atoms with Gasteiger partial charge in [-0.1, -0.05) is 23.8 Å². The fourth-order valence-corrected chi connectivity index (χ4v) is 2.38. The number of aryl methyl sites for hydroxylation is 1. The maximum atomic E-state index is 6.14. The Morgan fingerprint density at radius 3 is 2.11 bits per heavy atom. The average Bonchev–Trinajstić information content (AvgIpc) is 2.47. The van der Waals surface area contributed by atoms with Gasteiger partial charge in [0.2, 0.25) is 0 Å². The molecule has 4 heteroatoms. The molecule has 0 spiro atoms. The van der Waals surface area contributed by atoms with Crippen LogP contribution in [0.5, 0.6) is 0 Å². The van der Waals surface area contributed by atoms with Gasteiger partial charge in [0.1, 0.15) is 0 Å². The molecule has 1 saturated heterocycles. The first-order valence-corrected chi connectivity index (χ1v) is 6.86. The monoisotopic (exact) mass is 261 g/mol. The van der Waals surface area contributed by atoms with Crippen molar-refractivity contribution >= 4 is 12.6 Å². The van der Waals surface area contributed by atoms with Crippen LogP contribution in [0, 0.1) is 6.92 Å². The predicted octanol–water partition coefficient (Wildman–Crippen LogP) is 2.31. The molecule has 1 aliphatic rings. The Bertz CT molecular complexity index is 467. The molecule has 2 N–H and O–H groups in total. The summed E-state index contributed by atoms with van der Waals surface area (Å²) in [5.41, 5.74) is 8.76. The highest BCUT2D eigenvalue weighted by Gasteiger charge is 2.52. The van der Waals surface area contributed by atoms with E-state index in [1.165, 1.54) is 0 Å². The quantitative estimate of drug-likeness (QED) is 0.831. The molecular formula is C15H24BNO2. The Hall–Kier alpha value is -0.835. The smallest absolute Gasteiger partial charge is 0.399 e. The Kier molecular flexibility index (Phi) is 3.54. The van der Waals surface area contributed by atoms with Crippen LogP contribution >= 0.6 is 0 Å². The van der Waals surface area contributed by atoms with Crippen LogP contribution in [0.15, 0.2) is 18.2 Å². The van der Waals surface area contributed by atoms with Gasteiger partial charge in [-0.15, -0.1) is 0 Å². The Morgan fingerprint density at radius 1 is 1.11 bits per heavy atom. The third-order valence-corrected chi connectivity index (χ3v) is 4.34. The minimum atomic E-state index is -0.341. The number of hydrogen-bond donors (Lipinski definition) is 1. The summed E-state index contributed by atoms with van der Waals surface area (Å²) in [6.45, 7) is 12.3. The number of hydrogen-bond acceptors (Lipinski definition) is 3. The molecule has 104 valence electrons. The average molecular weight is 261 g/mol. The van der Waals surface area contributed by atoms with Crippen LogP contribution in [0.3, 0.4) is 0 Å². The van der Waals surface area contributed by atoms with Crippen molar-refractivity contribution < 1.29 is 9.31 Å². The molecule has 1 atom stereocenters. The Balaban J connectivity index is 2.45. The van der Waals surface area contributed by atoms with Gasteiger partial charge in [-0.05, 0) is 52.6 Å². The van der Waals surface area contributed by atoms with Crippen LogP contribution < -0.4 is 11.2 Å². The molecule has 1 aliphatic heterocycles. The summed E-state index contributed by atoms with van der Waals surface area (Å²) < 4.78 is 12.3. The van der Waals surface area contributed by atoms with E-state index in [-0.39, 0.29) is 24.4 Å². The lowest BCUT2D eigenvalue weighted by atomic mass is 9.72.